The number of sulfone groups is 1. The van der Waals surface area contributed by atoms with Crippen LogP contribution >= 0.6 is 11.8 Å². The van der Waals surface area contributed by atoms with Crippen molar-refractivity contribution in [1.29, 1.82) is 0 Å². The van der Waals surface area contributed by atoms with E-state index in [0.717, 1.165) is 37.9 Å². The fourth-order valence-corrected chi connectivity index (χ4v) is 5.85. The van der Waals surface area contributed by atoms with Crippen LogP contribution < -0.4 is 5.32 Å². The molecule has 0 aliphatic carbocycles. The summed E-state index contributed by atoms with van der Waals surface area (Å²) < 4.78 is 23.0. The number of benzene rings is 1. The highest BCUT2D eigenvalue weighted by atomic mass is 32.2. The van der Waals surface area contributed by atoms with Gasteiger partial charge in [-0.1, -0.05) is 18.2 Å². The summed E-state index contributed by atoms with van der Waals surface area (Å²) in [7, 11) is -0.967. The van der Waals surface area contributed by atoms with Gasteiger partial charge in [-0.2, -0.15) is 0 Å². The van der Waals surface area contributed by atoms with Gasteiger partial charge in [-0.3, -0.25) is 9.89 Å². The molecule has 2 fully saturated rings. The molecule has 2 heterocycles. The average molecular weight is 411 g/mol. The number of thioether (sulfide) groups is 1. The van der Waals surface area contributed by atoms with E-state index >= 15 is 0 Å². The Labute approximate surface area is 167 Å². The van der Waals surface area contributed by atoms with Crippen molar-refractivity contribution in [2.24, 2.45) is 10.9 Å². The van der Waals surface area contributed by atoms with Gasteiger partial charge in [0.05, 0.1) is 11.5 Å². The van der Waals surface area contributed by atoms with E-state index in [1.54, 1.807) is 0 Å². The van der Waals surface area contributed by atoms with E-state index in [1.165, 1.54) is 11.3 Å². The lowest BCUT2D eigenvalue weighted by atomic mass is 10.2. The maximum Gasteiger partial charge on any atom is 0.193 e. The maximum absolute atomic E-state index is 11.5. The van der Waals surface area contributed by atoms with Crippen LogP contribution in [0.1, 0.15) is 6.42 Å². The molecule has 2 aliphatic heterocycles. The Morgan fingerprint density at radius 2 is 1.96 bits per heavy atom. The second-order valence-electron chi connectivity index (χ2n) is 7.19. The molecule has 1 N–H and O–H groups in total. The Hall–Kier alpha value is -1.25. The van der Waals surface area contributed by atoms with Crippen LogP contribution in [0.2, 0.25) is 0 Å². The van der Waals surface area contributed by atoms with Crippen molar-refractivity contribution in [3.8, 4) is 0 Å². The summed E-state index contributed by atoms with van der Waals surface area (Å²) in [4.78, 5) is 10.3. The first kappa shape index (κ1) is 20.5. The minimum absolute atomic E-state index is 0.286. The minimum atomic E-state index is -2.80. The van der Waals surface area contributed by atoms with E-state index in [-0.39, 0.29) is 11.5 Å². The first-order valence-corrected chi connectivity index (χ1v) is 12.4. The number of guanidine groups is 1. The van der Waals surface area contributed by atoms with Gasteiger partial charge in [0.25, 0.3) is 0 Å². The van der Waals surface area contributed by atoms with Crippen molar-refractivity contribution >= 4 is 27.6 Å². The number of hydrogen-bond acceptors (Lipinski definition) is 5. The number of aliphatic imine (C=N–C) groups is 1. The quantitative estimate of drug-likeness (QED) is 0.435. The lowest BCUT2D eigenvalue weighted by Gasteiger charge is -2.28. The summed E-state index contributed by atoms with van der Waals surface area (Å²) in [6.07, 6.45) is 1.20. The fraction of sp³-hybridized carbons (Fsp3) is 0.632. The molecule has 0 amide bonds. The molecule has 2 aliphatic rings. The Morgan fingerprint density at radius 1 is 1.22 bits per heavy atom. The van der Waals surface area contributed by atoms with Crippen molar-refractivity contribution < 1.29 is 8.42 Å². The molecule has 6 nitrogen and oxygen atoms in total. The van der Waals surface area contributed by atoms with Crippen molar-refractivity contribution in [1.82, 2.24) is 15.1 Å². The minimum Gasteiger partial charge on any atom is -0.355 e. The largest absolute Gasteiger partial charge is 0.355 e. The first-order valence-electron chi connectivity index (χ1n) is 9.62. The van der Waals surface area contributed by atoms with Gasteiger partial charge in [-0.05, 0) is 24.5 Å². The summed E-state index contributed by atoms with van der Waals surface area (Å²) in [5, 5.41) is 3.45. The molecule has 0 saturated carbocycles. The Morgan fingerprint density at radius 3 is 2.67 bits per heavy atom. The Balaban J connectivity index is 1.37. The highest BCUT2D eigenvalue weighted by Gasteiger charge is 2.25. The number of likely N-dealkylation sites (tertiary alicyclic amines) is 1. The molecular formula is C19H30N4O2S2. The molecule has 1 unspecified atom stereocenters. The van der Waals surface area contributed by atoms with Crippen LogP contribution in [0, 0.1) is 5.92 Å². The molecule has 1 aromatic carbocycles. The summed E-state index contributed by atoms with van der Waals surface area (Å²) >= 11 is 1.93. The van der Waals surface area contributed by atoms with Crippen molar-refractivity contribution in [2.75, 3.05) is 63.6 Å². The molecule has 1 aromatic rings. The average Bonchev–Trinajstić information content (AvgIpc) is 3.14. The van der Waals surface area contributed by atoms with Gasteiger partial charge in [0.1, 0.15) is 0 Å². The summed E-state index contributed by atoms with van der Waals surface area (Å²) in [6.45, 7) is 5.03. The molecule has 0 aromatic heterocycles. The topological polar surface area (TPSA) is 65.0 Å². The molecule has 0 radical (unpaired) electrons. The van der Waals surface area contributed by atoms with Crippen LogP contribution in [-0.2, 0) is 9.84 Å². The van der Waals surface area contributed by atoms with Crippen LogP contribution in [-0.4, -0.2) is 87.8 Å². The van der Waals surface area contributed by atoms with Gasteiger partial charge in [0.15, 0.2) is 15.8 Å². The van der Waals surface area contributed by atoms with Crippen LogP contribution in [0.25, 0.3) is 0 Å². The standard InChI is InChI=1S/C19H30N4O2S2/c1-20-19(21-8-10-22-11-13-27(24,25)14-12-22)23-9-7-17(15-23)16-26-18-5-3-2-4-6-18/h2-6,17H,7-16H2,1H3,(H,20,21). The zero-order valence-electron chi connectivity index (χ0n) is 16.0. The molecule has 27 heavy (non-hydrogen) atoms. The third-order valence-electron chi connectivity index (χ3n) is 5.17. The second kappa shape index (κ2) is 9.80. The molecule has 3 rings (SSSR count). The summed E-state index contributed by atoms with van der Waals surface area (Å²) in [5.41, 5.74) is 0. The third kappa shape index (κ3) is 6.40. The normalized spacial score (nSPS) is 23.5. The molecule has 0 bridgehead atoms. The zero-order valence-corrected chi connectivity index (χ0v) is 17.6. The second-order valence-corrected chi connectivity index (χ2v) is 10.6. The molecular weight excluding hydrogens is 380 g/mol. The third-order valence-corrected chi connectivity index (χ3v) is 8.03. The van der Waals surface area contributed by atoms with Crippen LogP contribution in [0.15, 0.2) is 40.2 Å². The highest BCUT2D eigenvalue weighted by Crippen LogP contribution is 2.25. The van der Waals surface area contributed by atoms with Gasteiger partial charge < -0.3 is 10.2 Å². The van der Waals surface area contributed by atoms with Gasteiger partial charge in [-0.25, -0.2) is 8.42 Å². The molecule has 2 saturated heterocycles. The lowest BCUT2D eigenvalue weighted by molar-refractivity contribution is 0.298. The van der Waals surface area contributed by atoms with Gasteiger partial charge in [0, 0.05) is 57.0 Å². The van der Waals surface area contributed by atoms with Crippen LogP contribution in [0.5, 0.6) is 0 Å². The molecule has 0 spiro atoms. The first-order chi connectivity index (χ1) is 13.1. The predicted molar refractivity (Wildman–Crippen MR) is 113 cm³/mol. The summed E-state index contributed by atoms with van der Waals surface area (Å²) in [5.74, 6) is 3.36. The van der Waals surface area contributed by atoms with Crippen molar-refractivity contribution in [3.63, 3.8) is 0 Å². The van der Waals surface area contributed by atoms with E-state index in [1.807, 2.05) is 18.8 Å². The lowest BCUT2D eigenvalue weighted by Crippen LogP contribution is -2.46. The number of rotatable bonds is 6. The Kier molecular flexibility index (Phi) is 7.43. The number of nitrogens with zero attached hydrogens (tertiary/aromatic N) is 3. The van der Waals surface area contributed by atoms with E-state index in [2.05, 4.69) is 50.4 Å². The van der Waals surface area contributed by atoms with E-state index in [9.17, 15) is 8.42 Å². The fourth-order valence-electron chi connectivity index (χ4n) is 3.52. The van der Waals surface area contributed by atoms with Crippen LogP contribution in [0.3, 0.4) is 0 Å². The van der Waals surface area contributed by atoms with Gasteiger partial charge in [-0.15, -0.1) is 11.8 Å². The zero-order chi connectivity index (χ0) is 19.1. The summed E-state index contributed by atoms with van der Waals surface area (Å²) in [6, 6.07) is 10.6. The monoisotopic (exact) mass is 410 g/mol. The van der Waals surface area contributed by atoms with Gasteiger partial charge >= 0.3 is 0 Å². The maximum atomic E-state index is 11.5. The van der Waals surface area contributed by atoms with E-state index < -0.39 is 9.84 Å². The van der Waals surface area contributed by atoms with Crippen LogP contribution in [0.4, 0.5) is 0 Å². The Bertz CT molecular complexity index is 710. The SMILES string of the molecule is CN=C(NCCN1CCS(=O)(=O)CC1)N1CCC(CSc2ccccc2)C1. The number of hydrogen-bond donors (Lipinski definition) is 1. The molecule has 1 atom stereocenters. The molecule has 150 valence electrons. The van der Waals surface area contributed by atoms with E-state index in [4.69, 9.17) is 0 Å². The highest BCUT2D eigenvalue weighted by molar-refractivity contribution is 7.99. The number of nitrogens with one attached hydrogen (secondary N) is 1. The smallest absolute Gasteiger partial charge is 0.193 e. The van der Waals surface area contributed by atoms with Crippen molar-refractivity contribution in [3.05, 3.63) is 30.3 Å². The molecule has 8 heteroatoms. The van der Waals surface area contributed by atoms with Crippen molar-refractivity contribution in [2.45, 2.75) is 11.3 Å². The van der Waals surface area contributed by atoms with E-state index in [0.29, 0.717) is 19.0 Å². The predicted octanol–water partition coefficient (Wildman–Crippen LogP) is 1.41. The van der Waals surface area contributed by atoms with Gasteiger partial charge in [0.2, 0.25) is 0 Å².